The lowest BCUT2D eigenvalue weighted by Gasteiger charge is -2.51. The Labute approximate surface area is 562 Å². The number of methoxy groups -OCH3 is 2. The highest BCUT2D eigenvalue weighted by molar-refractivity contribution is 5.90. The average Bonchev–Trinajstić information content (AvgIpc) is 1.71. The van der Waals surface area contributed by atoms with Crippen molar-refractivity contribution in [2.24, 2.45) is 0 Å². The fourth-order valence-electron chi connectivity index (χ4n) is 11.1. The summed E-state index contributed by atoms with van der Waals surface area (Å²) in [5.41, 5.74) is 0.278. The van der Waals surface area contributed by atoms with Crippen LogP contribution in [0.1, 0.15) is 42.3 Å². The topological polar surface area (TPSA) is 522 Å². The monoisotopic (exact) mass is 1410 g/mol. The summed E-state index contributed by atoms with van der Waals surface area (Å²) in [4.78, 5) is 81.2. The quantitative estimate of drug-likeness (QED) is 0.0195. The molecule has 3 aromatic rings. The largest absolute Gasteiger partial charge is 0.504 e. The van der Waals surface area contributed by atoms with Gasteiger partial charge in [-0.1, -0.05) is 30.3 Å². The molecule has 0 amide bonds. The van der Waals surface area contributed by atoms with Gasteiger partial charge in [0.25, 0.3) is 0 Å². The second-order valence-corrected chi connectivity index (χ2v) is 22.9. The van der Waals surface area contributed by atoms with Crippen LogP contribution in [0.25, 0.3) is 12.2 Å². The first kappa shape index (κ1) is 77.1. The molecule has 24 atom stereocenters. The number of carbonyl (C=O) groups is 6. The second kappa shape index (κ2) is 34.6. The van der Waals surface area contributed by atoms with E-state index in [4.69, 9.17) is 80.5 Å². The average molecular weight is 1410 g/mol. The summed E-state index contributed by atoms with van der Waals surface area (Å²) >= 11 is 0. The molecule has 5 fully saturated rings. The first-order valence-corrected chi connectivity index (χ1v) is 30.5. The Morgan fingerprint density at radius 2 is 0.929 bits per heavy atom. The van der Waals surface area contributed by atoms with Crippen molar-refractivity contribution in [3.63, 3.8) is 0 Å². The highest BCUT2D eigenvalue weighted by Crippen LogP contribution is 2.43. The number of carbonyl (C=O) groups excluding carboxylic acids is 6. The molecule has 5 aliphatic heterocycles. The fraction of sp³-hybridized carbons (Fsp3) is 0.556. The van der Waals surface area contributed by atoms with E-state index < -0.39 is 222 Å². The number of benzene rings is 3. The Morgan fingerprint density at radius 1 is 0.465 bits per heavy atom. The molecule has 36 nitrogen and oxygen atoms in total. The molecule has 8 rings (SSSR count). The molecular formula is C63H78O36. The van der Waals surface area contributed by atoms with Crippen LogP contribution in [0.2, 0.25) is 0 Å². The van der Waals surface area contributed by atoms with Gasteiger partial charge in [-0.2, -0.15) is 0 Å². The van der Waals surface area contributed by atoms with Crippen molar-refractivity contribution >= 4 is 48.0 Å². The molecule has 3 aromatic carbocycles. The number of aliphatic hydroxyl groups excluding tert-OH is 11. The molecule has 99 heavy (non-hydrogen) atoms. The number of hydrogen-bond acceptors (Lipinski definition) is 36. The first-order chi connectivity index (χ1) is 47.1. The molecule has 0 spiro atoms. The van der Waals surface area contributed by atoms with E-state index in [1.807, 2.05) is 0 Å². The van der Waals surface area contributed by atoms with Crippen molar-refractivity contribution < 1.29 is 176 Å². The Hall–Kier alpha value is -7.64. The van der Waals surface area contributed by atoms with E-state index in [0.29, 0.717) is 0 Å². The van der Waals surface area contributed by atoms with E-state index >= 15 is 0 Å². The Bertz CT molecular complexity index is 3270. The van der Waals surface area contributed by atoms with E-state index in [2.05, 4.69) is 0 Å². The molecule has 0 aromatic heterocycles. The Morgan fingerprint density at radius 3 is 1.42 bits per heavy atom. The van der Waals surface area contributed by atoms with E-state index in [1.165, 1.54) is 81.0 Å². The van der Waals surface area contributed by atoms with E-state index in [1.54, 1.807) is 6.07 Å². The van der Waals surface area contributed by atoms with Crippen molar-refractivity contribution in [3.8, 4) is 23.0 Å². The van der Waals surface area contributed by atoms with E-state index in [0.717, 1.165) is 39.0 Å². The first-order valence-electron chi connectivity index (χ1n) is 30.5. The van der Waals surface area contributed by atoms with Crippen LogP contribution in [0.5, 0.6) is 23.0 Å². The molecule has 0 unspecified atom stereocenters. The van der Waals surface area contributed by atoms with Crippen LogP contribution in [0, 0.1) is 0 Å². The van der Waals surface area contributed by atoms with Gasteiger partial charge in [0, 0.05) is 32.9 Å². The molecule has 0 radical (unpaired) electrons. The fourth-order valence-corrected chi connectivity index (χ4v) is 11.1. The van der Waals surface area contributed by atoms with Gasteiger partial charge in [0.05, 0.1) is 39.6 Å². The zero-order valence-corrected chi connectivity index (χ0v) is 53.4. The van der Waals surface area contributed by atoms with Gasteiger partial charge in [-0.3, -0.25) is 14.4 Å². The van der Waals surface area contributed by atoms with Gasteiger partial charge in [-0.05, 0) is 59.7 Å². The maximum atomic E-state index is 14.6. The number of esters is 6. The maximum Gasteiger partial charge on any atom is 0.338 e. The third kappa shape index (κ3) is 18.7. The summed E-state index contributed by atoms with van der Waals surface area (Å²) in [6.07, 6.45) is -46.5. The number of aromatic hydroxyl groups is 2. The van der Waals surface area contributed by atoms with Crippen molar-refractivity contribution in [3.05, 3.63) is 95.6 Å². The standard InChI is InChI=1S/C63H78O36/c1-27(67)85-24-40-52(88-29(3)69)54(94-59-49(79)47(77)44(74)37(21-64)89-59)51(81)61(91-40)95-55-53(93-43(73)18-14-31-12-16-34(71)36(20-31)84-5)41(25-86-28(2)68)92-62(56(55)96-60-50(80)48(78)45(75)38(22-65)90-60)99-63(26-87-42(72)17-13-30-11-15-33(70)35(19-30)83-4)57(46(76)39(23-66)98-63)97-58(82)32-9-7-6-8-10-32/h6-20,37-41,44-57,59-62,64-66,70-71,74-81H,21-26H2,1-5H3/b17-13+,18-14+/t37-,38-,39-,40-,41-,44-,45-,46-,47+,48+,49-,50-,51-,52-,53-,54-,55+,56-,57+,59-,60+,61-,62-,63+/m1/s1. The van der Waals surface area contributed by atoms with Crippen LogP contribution < -0.4 is 9.47 Å². The summed E-state index contributed by atoms with van der Waals surface area (Å²) in [6.45, 7) is -3.79. The van der Waals surface area contributed by atoms with E-state index in [9.17, 15) is 95.2 Å². The molecule has 0 aliphatic carbocycles. The van der Waals surface area contributed by atoms with Crippen molar-refractivity contribution in [2.75, 3.05) is 53.9 Å². The van der Waals surface area contributed by atoms with Crippen LogP contribution in [0.3, 0.4) is 0 Å². The second-order valence-electron chi connectivity index (χ2n) is 22.9. The minimum absolute atomic E-state index is 0.00557. The normalized spacial score (nSPS) is 34.6. The zero-order chi connectivity index (χ0) is 72.2. The summed E-state index contributed by atoms with van der Waals surface area (Å²) < 4.78 is 101. The van der Waals surface area contributed by atoms with Gasteiger partial charge >= 0.3 is 35.8 Å². The molecule has 0 bridgehead atoms. The highest BCUT2D eigenvalue weighted by atomic mass is 16.8. The lowest BCUT2D eigenvalue weighted by Crippen LogP contribution is -2.70. The smallest absolute Gasteiger partial charge is 0.338 e. The molecule has 5 heterocycles. The zero-order valence-electron chi connectivity index (χ0n) is 53.4. The minimum atomic E-state index is -3.06. The van der Waals surface area contributed by atoms with Crippen LogP contribution in [-0.2, 0) is 95.0 Å². The third-order valence-corrected chi connectivity index (χ3v) is 16.1. The summed E-state index contributed by atoms with van der Waals surface area (Å²) in [7, 11) is 2.50. The number of aliphatic hydroxyl groups is 11. The van der Waals surface area contributed by atoms with Gasteiger partial charge in [-0.25, -0.2) is 14.4 Å². The molecule has 36 heteroatoms. The molecular weight excluding hydrogens is 1330 g/mol. The van der Waals surface area contributed by atoms with E-state index in [-0.39, 0.29) is 39.7 Å². The number of rotatable bonds is 27. The summed E-state index contributed by atoms with van der Waals surface area (Å²) in [5.74, 6) is -10.7. The lowest BCUT2D eigenvalue weighted by molar-refractivity contribution is -0.423. The highest BCUT2D eigenvalue weighted by Gasteiger charge is 2.65. The molecule has 0 saturated carbocycles. The van der Waals surface area contributed by atoms with Crippen LogP contribution in [0.15, 0.2) is 78.9 Å². The third-order valence-electron chi connectivity index (χ3n) is 16.1. The number of hydrogen-bond donors (Lipinski definition) is 13. The van der Waals surface area contributed by atoms with Crippen LogP contribution in [-0.4, -0.2) is 303 Å². The molecule has 5 saturated heterocycles. The molecule has 5 aliphatic rings. The summed E-state index contributed by atoms with van der Waals surface area (Å²) in [5, 5.41) is 144. The minimum Gasteiger partial charge on any atom is -0.504 e. The number of phenolic OH excluding ortho intramolecular Hbond substituents is 2. The number of phenols is 2. The van der Waals surface area contributed by atoms with Crippen LogP contribution in [0.4, 0.5) is 0 Å². The Kier molecular flexibility index (Phi) is 27.0. The Balaban J connectivity index is 1.33. The van der Waals surface area contributed by atoms with Gasteiger partial charge in [0.1, 0.15) is 117 Å². The maximum absolute atomic E-state index is 14.6. The van der Waals surface area contributed by atoms with Crippen LogP contribution >= 0.6 is 0 Å². The SMILES string of the molecule is COc1cc(/C=C/C(=O)OC[C@@]2(O[C@H]3O[C@H](COC(C)=O)[C@@H](OC(=O)/C=C/c4ccc(O)c(OC)c4)[C@H](O[C@H]4O[C@H](COC(C)=O)[C@@H](OC(C)=O)[C@H](O[C@H]5O[C@H](CO)[C@@H](O)[C@H](O)[C@H]5O)[C@H]4O)[C@H]3O[C@@H]3O[C@H](CO)[C@@H](O)[C@H](O)[C@H]3O)O[C@H](CO)[C@@H](O)[C@@H]2OC(=O)c2ccccc2)ccc1O. The molecule has 546 valence electrons. The van der Waals surface area contributed by atoms with Gasteiger partial charge in [0.15, 0.2) is 66.5 Å². The van der Waals surface area contributed by atoms with Gasteiger partial charge in [0.2, 0.25) is 5.79 Å². The molecule has 13 N–H and O–H groups in total. The van der Waals surface area contributed by atoms with Crippen molar-refractivity contribution in [1.82, 2.24) is 0 Å². The van der Waals surface area contributed by atoms with Crippen molar-refractivity contribution in [2.45, 2.75) is 168 Å². The predicted molar refractivity (Wildman–Crippen MR) is 320 cm³/mol. The van der Waals surface area contributed by atoms with Gasteiger partial charge in [-0.15, -0.1) is 0 Å². The van der Waals surface area contributed by atoms with Crippen molar-refractivity contribution in [1.29, 1.82) is 0 Å². The lowest BCUT2D eigenvalue weighted by atomic mass is 9.95. The summed E-state index contributed by atoms with van der Waals surface area (Å²) in [6, 6.07) is 14.8. The van der Waals surface area contributed by atoms with Gasteiger partial charge < -0.3 is 147 Å². The number of ether oxygens (including phenoxy) is 17. The predicted octanol–water partition coefficient (Wildman–Crippen LogP) is -4.39.